The predicted octanol–water partition coefficient (Wildman–Crippen LogP) is 17.0. The minimum Gasteiger partial charge on any atom is -0.870 e. The van der Waals surface area contributed by atoms with E-state index in [0.29, 0.717) is 80.4 Å². The summed E-state index contributed by atoms with van der Waals surface area (Å²) >= 11 is 104. The fourth-order valence-electron chi connectivity index (χ4n) is 12.7. The molecule has 0 unspecified atom stereocenters. The molecule has 10 rings (SSSR count). The molecule has 2 aliphatic rings. The molecular weight excluding hydrogens is 1770 g/mol. The standard InChI is InChI=1S/2C24H12BCl8.2C12H30N4.2C4H8O.2Mg.2H2O/c2*26-17-1-13(2-18(27)9-17)25(14-3-19(28)10-20(29)4-14,15-5-21(30)11-22(31)6-15)16-7-23(32)12-24(33)8-16;2*1-13(2)7-10-16(11-8-14(3)4)12-9-15(5)6;2*1-2-4-5-3-1;;;;/h2*1-12H;2*7-12H2,1-6H3;2*1-4H2;;;2*1H2/q2*-1;;;;;2*+2;;/p-2. The number of hydrogen-bond donors (Lipinski definition) is 0. The summed E-state index contributed by atoms with van der Waals surface area (Å²) in [6.45, 7) is 17.8. The quantitative estimate of drug-likeness (QED) is 0.0482. The molecule has 2 N–H and O–H groups in total. The first-order valence-corrected chi connectivity index (χ1v) is 41.6. The number of rotatable bonds is 26. The maximum absolute atomic E-state index is 6.48. The fourth-order valence-corrected chi connectivity index (χ4v) is 17.0. The van der Waals surface area contributed by atoms with E-state index < -0.39 is 12.3 Å². The zero-order chi connectivity index (χ0) is 80.0. The van der Waals surface area contributed by atoms with Gasteiger partial charge in [-0.05, 0) is 159 Å². The van der Waals surface area contributed by atoms with Crippen LogP contribution < -0.4 is 43.7 Å². The van der Waals surface area contributed by atoms with Crippen LogP contribution in [0, 0.1) is 0 Å². The molecule has 0 atom stereocenters. The minimum atomic E-state index is -2.04. The Morgan fingerprint density at radius 3 is 0.393 bits per heavy atom. The third kappa shape index (κ3) is 38.3. The van der Waals surface area contributed by atoms with Gasteiger partial charge in [0.05, 0.1) is 0 Å². The minimum absolute atomic E-state index is 0. The van der Waals surface area contributed by atoms with Gasteiger partial charge in [0.25, 0.3) is 0 Å². The van der Waals surface area contributed by atoms with E-state index in [9.17, 15) is 0 Å². The summed E-state index contributed by atoms with van der Waals surface area (Å²) in [6.07, 6.45) is 1.02. The van der Waals surface area contributed by atoms with Crippen LogP contribution in [0.25, 0.3) is 0 Å². The van der Waals surface area contributed by atoms with Gasteiger partial charge in [0, 0.05) is 185 Å². The zero-order valence-electron chi connectivity index (χ0n) is 65.9. The van der Waals surface area contributed by atoms with Gasteiger partial charge in [-0.15, -0.1) is 0 Å². The van der Waals surface area contributed by atoms with Gasteiger partial charge in [0.15, 0.2) is 0 Å². The fraction of sp³-hybridized carbons (Fsp3) is 0.400. The largest absolute Gasteiger partial charge is 2.00 e. The van der Waals surface area contributed by atoms with E-state index in [1.54, 1.807) is 48.5 Å². The molecule has 8 aromatic carbocycles. The molecule has 0 aliphatic carbocycles. The summed E-state index contributed by atoms with van der Waals surface area (Å²) in [5.74, 6) is 0. The van der Waals surface area contributed by atoms with Crippen LogP contribution >= 0.6 is 186 Å². The van der Waals surface area contributed by atoms with Crippen LogP contribution in [-0.4, -0.2) is 298 Å². The molecule has 2 aliphatic heterocycles. The number of hydrogen-bond acceptors (Lipinski definition) is 12. The molecule has 2 heterocycles. The molecule has 0 radical (unpaired) electrons. The molecule has 112 heavy (non-hydrogen) atoms. The number of likely N-dealkylation sites (N-methyl/N-ethyl adjacent to an activating group) is 6. The number of ether oxygens (including phenoxy) is 2. The first-order valence-electron chi connectivity index (χ1n) is 35.5. The van der Waals surface area contributed by atoms with Crippen molar-refractivity contribution in [3.8, 4) is 0 Å². The van der Waals surface area contributed by atoms with Gasteiger partial charge in [0.2, 0.25) is 0 Å². The Bertz CT molecular complexity index is 3170. The molecule has 608 valence electrons. The van der Waals surface area contributed by atoms with Crippen molar-refractivity contribution in [3.63, 3.8) is 0 Å². The molecule has 0 aromatic heterocycles. The van der Waals surface area contributed by atoms with Crippen LogP contribution in [0.2, 0.25) is 80.4 Å². The number of halogens is 16. The SMILES string of the molecule is C1CCOC1.C1CCOC1.CN(C)CCN(CCN(C)C)CCN(C)C.CN(C)CCN(CCN(C)C)CCN(C)C.Clc1cc(Cl)cc([B-](c2cc(Cl)cc(Cl)c2)(c2cc(Cl)cc(Cl)c2)c2cc(Cl)cc(Cl)c2)c1.Clc1cc(Cl)cc([B-](c2cc(Cl)cc(Cl)c2)(c2cc(Cl)cc(Cl)c2)c2cc(Cl)cc(Cl)c2)c1.[Mg+2].[Mg+2].[OH-].[OH-]. The average Bonchev–Trinajstić information content (AvgIpc) is 0.763. The number of benzene rings is 8. The van der Waals surface area contributed by atoms with Gasteiger partial charge in [0.1, 0.15) is 12.3 Å². The second-order valence-corrected chi connectivity index (χ2v) is 35.5. The van der Waals surface area contributed by atoms with Crippen molar-refractivity contribution < 1.29 is 20.4 Å². The molecule has 32 heteroatoms. The summed E-state index contributed by atoms with van der Waals surface area (Å²) in [5.41, 5.74) is 6.24. The van der Waals surface area contributed by atoms with Gasteiger partial charge < -0.3 is 49.8 Å². The Hall–Kier alpha value is -0.418. The summed E-state index contributed by atoms with van der Waals surface area (Å²) in [6, 6.07) is 42.7. The molecule has 8 aromatic rings. The van der Waals surface area contributed by atoms with Crippen molar-refractivity contribution in [2.75, 3.05) is 190 Å². The second kappa shape index (κ2) is 56.3. The van der Waals surface area contributed by atoms with E-state index in [1.165, 1.54) is 25.7 Å². The smallest absolute Gasteiger partial charge is 0.870 e. The van der Waals surface area contributed by atoms with Crippen molar-refractivity contribution in [3.05, 3.63) is 226 Å². The third-order valence-electron chi connectivity index (χ3n) is 17.9. The van der Waals surface area contributed by atoms with Crippen LogP contribution in [0.1, 0.15) is 25.7 Å². The molecule has 0 bridgehead atoms. The monoisotopic (exact) mass is 1870 g/mol. The van der Waals surface area contributed by atoms with Crippen molar-refractivity contribution >= 4 is 288 Å². The topological polar surface area (TPSA) is 104 Å². The second-order valence-electron chi connectivity index (χ2n) is 28.5. The maximum Gasteiger partial charge on any atom is 2.00 e. The molecule has 2 saturated heterocycles. The van der Waals surface area contributed by atoms with Crippen molar-refractivity contribution in [2.24, 2.45) is 0 Å². The van der Waals surface area contributed by atoms with Crippen molar-refractivity contribution in [1.29, 1.82) is 0 Å². The van der Waals surface area contributed by atoms with Crippen LogP contribution in [-0.2, 0) is 9.47 Å². The average molecular weight is 1880 g/mol. The van der Waals surface area contributed by atoms with Crippen LogP contribution in [0.3, 0.4) is 0 Å². The number of nitrogens with zero attached hydrogens (tertiary/aromatic N) is 8. The Kier molecular flexibility index (Phi) is 55.1. The summed E-state index contributed by atoms with van der Waals surface area (Å²) in [5, 5.41) is 7.31. The normalized spacial score (nSPS) is 12.5. The molecule has 0 saturated carbocycles. The maximum atomic E-state index is 6.48. The zero-order valence-corrected chi connectivity index (χ0v) is 80.8. The Balaban J connectivity index is 0.000000738. The van der Waals surface area contributed by atoms with E-state index in [0.717, 1.165) is 149 Å². The Morgan fingerprint density at radius 1 is 0.205 bits per heavy atom. The summed E-state index contributed by atoms with van der Waals surface area (Å²) < 4.78 is 9.89. The molecule has 2 fully saturated rings. The molecular formula is C80H102B2Cl16Mg2N8O4. The molecule has 0 spiro atoms. The van der Waals surface area contributed by atoms with Crippen molar-refractivity contribution in [1.82, 2.24) is 39.2 Å². The van der Waals surface area contributed by atoms with Gasteiger partial charge in [-0.25, -0.2) is 0 Å². The molecule has 0 amide bonds. The van der Waals surface area contributed by atoms with Gasteiger partial charge in [-0.3, -0.25) is 9.80 Å². The summed E-state index contributed by atoms with van der Waals surface area (Å²) in [4.78, 5) is 18.6. The van der Waals surface area contributed by atoms with Gasteiger partial charge in [-0.1, -0.05) is 283 Å². The Morgan fingerprint density at radius 2 is 0.312 bits per heavy atom. The van der Waals surface area contributed by atoms with E-state index >= 15 is 0 Å². The van der Waals surface area contributed by atoms with Crippen molar-refractivity contribution in [2.45, 2.75) is 25.7 Å². The van der Waals surface area contributed by atoms with Crippen LogP contribution in [0.4, 0.5) is 0 Å². The summed E-state index contributed by atoms with van der Waals surface area (Å²) in [7, 11) is 25.6. The first kappa shape index (κ1) is 110. The van der Waals surface area contributed by atoms with Crippen LogP contribution in [0.5, 0.6) is 0 Å². The van der Waals surface area contributed by atoms with E-state index in [4.69, 9.17) is 195 Å². The van der Waals surface area contributed by atoms with E-state index in [-0.39, 0.29) is 57.1 Å². The Labute approximate surface area is 780 Å². The van der Waals surface area contributed by atoms with E-state index in [1.807, 2.05) is 97.1 Å². The predicted molar refractivity (Wildman–Crippen MR) is 500 cm³/mol. The van der Waals surface area contributed by atoms with E-state index in [2.05, 4.69) is 124 Å². The first-order chi connectivity index (χ1) is 51.0. The van der Waals surface area contributed by atoms with Gasteiger partial charge >= 0.3 is 46.1 Å². The van der Waals surface area contributed by atoms with Gasteiger partial charge in [-0.2, -0.15) is 43.7 Å². The van der Waals surface area contributed by atoms with Crippen LogP contribution in [0.15, 0.2) is 146 Å². The third-order valence-corrected chi connectivity index (χ3v) is 21.4. The molecule has 12 nitrogen and oxygen atoms in total.